The van der Waals surface area contributed by atoms with Crippen molar-refractivity contribution in [2.24, 2.45) is 5.92 Å². The van der Waals surface area contributed by atoms with Gasteiger partial charge in [-0.15, -0.1) is 0 Å². The standard InChI is InChI=1S/C22H29FN4O2/c1-16-14-24-21(18-8-12-29-13-9-18)27(16)15-17-6-10-26(11-7-17)22(28)25-20-5-3-2-4-19(20)23/h2-5,14,17-18H,6-13,15H2,1H3,(H,25,28). The van der Waals surface area contributed by atoms with Crippen LogP contribution in [0.15, 0.2) is 30.5 Å². The van der Waals surface area contributed by atoms with E-state index in [2.05, 4.69) is 16.8 Å². The number of likely N-dealkylation sites (tertiary alicyclic amines) is 1. The number of rotatable bonds is 4. The van der Waals surface area contributed by atoms with Gasteiger partial charge in [-0.2, -0.15) is 0 Å². The van der Waals surface area contributed by atoms with Crippen molar-refractivity contribution in [2.75, 3.05) is 31.6 Å². The van der Waals surface area contributed by atoms with Crippen LogP contribution < -0.4 is 5.32 Å². The molecule has 4 rings (SSSR count). The van der Waals surface area contributed by atoms with Crippen molar-refractivity contribution in [1.29, 1.82) is 0 Å². The Morgan fingerprint density at radius 2 is 1.93 bits per heavy atom. The molecule has 1 N–H and O–H groups in total. The van der Waals surface area contributed by atoms with E-state index >= 15 is 0 Å². The summed E-state index contributed by atoms with van der Waals surface area (Å²) in [7, 11) is 0. The number of ether oxygens (including phenoxy) is 1. The number of para-hydroxylation sites is 1. The highest BCUT2D eigenvalue weighted by Crippen LogP contribution is 2.29. The molecule has 2 aliphatic rings. The lowest BCUT2D eigenvalue weighted by Crippen LogP contribution is -2.42. The van der Waals surface area contributed by atoms with Crippen molar-refractivity contribution >= 4 is 11.7 Å². The molecule has 2 aliphatic heterocycles. The minimum Gasteiger partial charge on any atom is -0.381 e. The molecule has 0 bridgehead atoms. The van der Waals surface area contributed by atoms with Gasteiger partial charge in [0.05, 0.1) is 5.69 Å². The van der Waals surface area contributed by atoms with Crippen molar-refractivity contribution in [3.05, 3.63) is 47.8 Å². The number of benzene rings is 1. The molecule has 3 heterocycles. The molecule has 0 aliphatic carbocycles. The highest BCUT2D eigenvalue weighted by atomic mass is 19.1. The number of imidazole rings is 1. The van der Waals surface area contributed by atoms with Crippen LogP contribution in [0.5, 0.6) is 0 Å². The second-order valence-corrected chi connectivity index (χ2v) is 8.10. The van der Waals surface area contributed by atoms with Crippen LogP contribution in [0, 0.1) is 18.7 Å². The lowest BCUT2D eigenvalue weighted by Gasteiger charge is -2.33. The molecule has 0 spiro atoms. The quantitative estimate of drug-likeness (QED) is 0.838. The fraction of sp³-hybridized carbons (Fsp3) is 0.545. The van der Waals surface area contributed by atoms with Crippen LogP contribution >= 0.6 is 0 Å². The van der Waals surface area contributed by atoms with Gasteiger partial charge in [0.2, 0.25) is 0 Å². The predicted molar refractivity (Wildman–Crippen MR) is 109 cm³/mol. The highest BCUT2D eigenvalue weighted by Gasteiger charge is 2.26. The Labute approximate surface area is 171 Å². The molecule has 2 aromatic rings. The van der Waals surface area contributed by atoms with Crippen molar-refractivity contribution < 1.29 is 13.9 Å². The first-order valence-corrected chi connectivity index (χ1v) is 10.5. The molecule has 29 heavy (non-hydrogen) atoms. The second kappa shape index (κ2) is 8.95. The summed E-state index contributed by atoms with van der Waals surface area (Å²) < 4.78 is 21.6. The maximum Gasteiger partial charge on any atom is 0.321 e. The van der Waals surface area contributed by atoms with Crippen molar-refractivity contribution in [3.63, 3.8) is 0 Å². The third-order valence-electron chi connectivity index (χ3n) is 6.13. The van der Waals surface area contributed by atoms with Crippen LogP contribution in [0.1, 0.15) is 43.1 Å². The van der Waals surface area contributed by atoms with Crippen LogP contribution in [0.25, 0.3) is 0 Å². The molecule has 6 nitrogen and oxygen atoms in total. The van der Waals surface area contributed by atoms with Crippen LogP contribution in [-0.2, 0) is 11.3 Å². The maximum absolute atomic E-state index is 13.8. The zero-order valence-corrected chi connectivity index (χ0v) is 16.9. The normalized spacial score (nSPS) is 18.8. The first-order chi connectivity index (χ1) is 14.1. The van der Waals surface area contributed by atoms with Crippen LogP contribution in [0.4, 0.5) is 14.9 Å². The van der Waals surface area contributed by atoms with E-state index in [0.29, 0.717) is 24.9 Å². The number of urea groups is 1. The largest absolute Gasteiger partial charge is 0.381 e. The number of nitrogens with zero attached hydrogens (tertiary/aromatic N) is 3. The van der Waals surface area contributed by atoms with Gasteiger partial charge in [-0.3, -0.25) is 0 Å². The number of aromatic nitrogens is 2. The summed E-state index contributed by atoms with van der Waals surface area (Å²) in [5, 5.41) is 2.69. The Hall–Kier alpha value is -2.41. The zero-order chi connectivity index (χ0) is 20.2. The fourth-order valence-electron chi connectivity index (χ4n) is 4.33. The average Bonchev–Trinajstić information content (AvgIpc) is 3.11. The number of halogens is 1. The molecule has 0 radical (unpaired) electrons. The van der Waals surface area contributed by atoms with Crippen LogP contribution in [0.2, 0.25) is 0 Å². The number of nitrogens with one attached hydrogen (secondary N) is 1. The second-order valence-electron chi connectivity index (χ2n) is 8.10. The van der Waals surface area contributed by atoms with Gasteiger partial charge in [0.15, 0.2) is 0 Å². The summed E-state index contributed by atoms with van der Waals surface area (Å²) in [5.74, 6) is 1.76. The van der Waals surface area contributed by atoms with Gasteiger partial charge < -0.3 is 19.5 Å². The molecule has 1 aromatic heterocycles. The Morgan fingerprint density at radius 3 is 2.66 bits per heavy atom. The Balaban J connectivity index is 1.33. The topological polar surface area (TPSA) is 59.4 Å². The summed E-state index contributed by atoms with van der Waals surface area (Å²) in [5.41, 5.74) is 1.43. The number of hydrogen-bond acceptors (Lipinski definition) is 3. The Bertz CT molecular complexity index is 839. The van der Waals surface area contributed by atoms with E-state index in [1.807, 2.05) is 6.20 Å². The number of carbonyl (C=O) groups excluding carboxylic acids is 1. The maximum atomic E-state index is 13.8. The van der Waals surface area contributed by atoms with Crippen molar-refractivity contribution in [1.82, 2.24) is 14.5 Å². The van der Waals surface area contributed by atoms with Crippen molar-refractivity contribution in [3.8, 4) is 0 Å². The first-order valence-electron chi connectivity index (χ1n) is 10.5. The number of carbonyl (C=O) groups is 1. The molecule has 2 amide bonds. The number of piperidine rings is 1. The van der Waals surface area contributed by atoms with E-state index in [-0.39, 0.29) is 11.7 Å². The molecule has 0 atom stereocenters. The molecule has 1 aromatic carbocycles. The summed E-state index contributed by atoms with van der Waals surface area (Å²) in [6.45, 7) is 6.06. The minimum absolute atomic E-state index is 0.227. The predicted octanol–water partition coefficient (Wildman–Crippen LogP) is 4.17. The van der Waals surface area contributed by atoms with E-state index < -0.39 is 5.82 Å². The van der Waals surface area contributed by atoms with E-state index in [0.717, 1.165) is 45.4 Å². The molecule has 2 saturated heterocycles. The smallest absolute Gasteiger partial charge is 0.321 e. The minimum atomic E-state index is -0.410. The van der Waals surface area contributed by atoms with E-state index in [4.69, 9.17) is 9.72 Å². The third kappa shape index (κ3) is 4.61. The van der Waals surface area contributed by atoms with Crippen LogP contribution in [0.3, 0.4) is 0 Å². The first kappa shape index (κ1) is 19.9. The molecule has 2 fully saturated rings. The van der Waals surface area contributed by atoms with Crippen LogP contribution in [-0.4, -0.2) is 46.8 Å². The van der Waals surface area contributed by atoms with Gasteiger partial charge in [-0.1, -0.05) is 12.1 Å². The summed E-state index contributed by atoms with van der Waals surface area (Å²) in [6.07, 6.45) is 5.92. The summed E-state index contributed by atoms with van der Waals surface area (Å²) in [4.78, 5) is 19.0. The third-order valence-corrected chi connectivity index (χ3v) is 6.13. The Morgan fingerprint density at radius 1 is 1.21 bits per heavy atom. The number of hydrogen-bond donors (Lipinski definition) is 1. The van der Waals surface area contributed by atoms with Gasteiger partial charge in [0, 0.05) is 50.7 Å². The van der Waals surface area contributed by atoms with Gasteiger partial charge in [0.25, 0.3) is 0 Å². The van der Waals surface area contributed by atoms with Crippen molar-refractivity contribution in [2.45, 2.75) is 45.1 Å². The van der Waals surface area contributed by atoms with Gasteiger partial charge >= 0.3 is 6.03 Å². The average molecular weight is 400 g/mol. The number of amides is 2. The number of anilines is 1. The monoisotopic (exact) mass is 400 g/mol. The summed E-state index contributed by atoms with van der Waals surface area (Å²) >= 11 is 0. The van der Waals surface area contributed by atoms with Gasteiger partial charge in [0.1, 0.15) is 11.6 Å². The van der Waals surface area contributed by atoms with E-state index in [1.165, 1.54) is 17.6 Å². The summed E-state index contributed by atoms with van der Waals surface area (Å²) in [6, 6.07) is 6.04. The molecule has 156 valence electrons. The Kier molecular flexibility index (Phi) is 6.13. The van der Waals surface area contributed by atoms with Gasteiger partial charge in [-0.05, 0) is 50.7 Å². The van der Waals surface area contributed by atoms with E-state index in [9.17, 15) is 9.18 Å². The highest BCUT2D eigenvalue weighted by molar-refractivity contribution is 5.89. The zero-order valence-electron chi connectivity index (χ0n) is 16.9. The SMILES string of the molecule is Cc1cnc(C2CCOCC2)n1CC1CCN(C(=O)Nc2ccccc2F)CC1. The molecule has 0 saturated carbocycles. The lowest BCUT2D eigenvalue weighted by atomic mass is 9.95. The van der Waals surface area contributed by atoms with E-state index in [1.54, 1.807) is 23.1 Å². The lowest BCUT2D eigenvalue weighted by molar-refractivity contribution is 0.0823. The molecule has 0 unspecified atom stereocenters. The molecular weight excluding hydrogens is 371 g/mol. The fourth-order valence-corrected chi connectivity index (χ4v) is 4.33. The number of aryl methyl sites for hydroxylation is 1. The molecular formula is C22H29FN4O2. The van der Waals surface area contributed by atoms with Gasteiger partial charge in [-0.25, -0.2) is 14.2 Å². The molecule has 7 heteroatoms.